The molecule has 1 aliphatic rings. The molecule has 0 aromatic carbocycles. The highest BCUT2D eigenvalue weighted by Gasteiger charge is 2.16. The second kappa shape index (κ2) is 5.18. The van der Waals surface area contributed by atoms with E-state index in [4.69, 9.17) is 4.74 Å². The molecular formula is C10H17O2. The average molecular weight is 169 g/mol. The number of carbonyl (C=O) groups is 1. The quantitative estimate of drug-likeness (QED) is 0.607. The molecule has 0 spiro atoms. The van der Waals surface area contributed by atoms with Gasteiger partial charge in [0.25, 0.3) is 0 Å². The van der Waals surface area contributed by atoms with Gasteiger partial charge in [-0.25, -0.2) is 0 Å². The van der Waals surface area contributed by atoms with Gasteiger partial charge in [0.05, 0.1) is 0 Å². The van der Waals surface area contributed by atoms with Crippen LogP contribution in [0.25, 0.3) is 0 Å². The van der Waals surface area contributed by atoms with Gasteiger partial charge in [0.1, 0.15) is 6.10 Å². The lowest BCUT2D eigenvalue weighted by molar-refractivity contribution is -0.150. The lowest BCUT2D eigenvalue weighted by atomic mass is 9.98. The third-order valence-corrected chi connectivity index (χ3v) is 2.14. The molecule has 0 N–H and O–H groups in total. The fourth-order valence-corrected chi connectivity index (χ4v) is 1.46. The fraction of sp³-hybridized carbons (Fsp3) is 0.800. The van der Waals surface area contributed by atoms with Gasteiger partial charge in [0.2, 0.25) is 0 Å². The second-order valence-corrected chi connectivity index (χ2v) is 3.31. The van der Waals surface area contributed by atoms with Crippen LogP contribution in [0.3, 0.4) is 0 Å². The Kier molecular flexibility index (Phi) is 4.12. The zero-order valence-electron chi connectivity index (χ0n) is 7.71. The minimum atomic E-state index is -0.0237. The van der Waals surface area contributed by atoms with E-state index in [0.29, 0.717) is 6.42 Å². The molecule has 0 atom stereocenters. The third-order valence-electron chi connectivity index (χ3n) is 2.14. The Bertz CT molecular complexity index is 137. The molecule has 0 heterocycles. The fourth-order valence-electron chi connectivity index (χ4n) is 1.46. The van der Waals surface area contributed by atoms with E-state index in [9.17, 15) is 4.79 Å². The molecule has 69 valence electrons. The van der Waals surface area contributed by atoms with E-state index in [1.54, 1.807) is 0 Å². The van der Waals surface area contributed by atoms with Crippen molar-refractivity contribution in [2.24, 2.45) is 0 Å². The molecule has 1 fully saturated rings. The van der Waals surface area contributed by atoms with Crippen LogP contribution in [0.2, 0.25) is 0 Å². The van der Waals surface area contributed by atoms with Crippen molar-refractivity contribution in [3.63, 3.8) is 0 Å². The molecule has 1 aliphatic carbocycles. The topological polar surface area (TPSA) is 26.3 Å². The van der Waals surface area contributed by atoms with Crippen molar-refractivity contribution >= 4 is 5.97 Å². The molecule has 2 heteroatoms. The van der Waals surface area contributed by atoms with Crippen LogP contribution in [0.5, 0.6) is 0 Å². The Hall–Kier alpha value is -0.530. The summed E-state index contributed by atoms with van der Waals surface area (Å²) in [6, 6.07) is 0. The van der Waals surface area contributed by atoms with Crippen LogP contribution in [0.15, 0.2) is 0 Å². The number of rotatable bonds is 3. The summed E-state index contributed by atoms with van der Waals surface area (Å²) in [6.45, 7) is 2.00. The van der Waals surface area contributed by atoms with Crippen molar-refractivity contribution in [3.8, 4) is 0 Å². The van der Waals surface area contributed by atoms with Crippen molar-refractivity contribution in [3.05, 3.63) is 6.42 Å². The molecule has 0 saturated heterocycles. The molecule has 0 bridgehead atoms. The van der Waals surface area contributed by atoms with Crippen molar-refractivity contribution < 1.29 is 9.53 Å². The molecule has 0 aromatic rings. The largest absolute Gasteiger partial charge is 0.462 e. The average Bonchev–Trinajstić information content (AvgIpc) is 2.06. The van der Waals surface area contributed by atoms with Crippen LogP contribution in [-0.4, -0.2) is 12.1 Å². The van der Waals surface area contributed by atoms with Crippen LogP contribution in [0.1, 0.15) is 45.4 Å². The Morgan fingerprint density at radius 1 is 1.50 bits per heavy atom. The summed E-state index contributed by atoms with van der Waals surface area (Å²) in [7, 11) is 0. The number of ether oxygens (including phenoxy) is 1. The summed E-state index contributed by atoms with van der Waals surface area (Å²) >= 11 is 0. The summed E-state index contributed by atoms with van der Waals surface area (Å²) in [5.74, 6) is -0.0237. The third kappa shape index (κ3) is 3.24. The number of carbonyl (C=O) groups excluding carboxylic acids is 1. The highest BCUT2D eigenvalue weighted by Crippen LogP contribution is 2.19. The highest BCUT2D eigenvalue weighted by molar-refractivity contribution is 5.69. The van der Waals surface area contributed by atoms with E-state index >= 15 is 0 Å². The molecule has 1 rings (SSSR count). The Morgan fingerprint density at radius 3 is 2.75 bits per heavy atom. The summed E-state index contributed by atoms with van der Waals surface area (Å²) in [4.78, 5) is 11.1. The predicted octanol–water partition coefficient (Wildman–Crippen LogP) is 2.48. The van der Waals surface area contributed by atoms with Gasteiger partial charge in [-0.3, -0.25) is 4.79 Å². The lowest BCUT2D eigenvalue weighted by Crippen LogP contribution is -2.20. The Balaban J connectivity index is 2.15. The maximum absolute atomic E-state index is 11.1. The minimum Gasteiger partial charge on any atom is -0.462 e. The summed E-state index contributed by atoms with van der Waals surface area (Å²) in [5.41, 5.74) is 0. The molecule has 1 saturated carbocycles. The summed E-state index contributed by atoms with van der Waals surface area (Å²) in [6.07, 6.45) is 8.18. The maximum Gasteiger partial charge on any atom is 0.306 e. The number of hydrogen-bond donors (Lipinski definition) is 0. The molecular weight excluding hydrogens is 152 g/mol. The number of hydrogen-bond acceptors (Lipinski definition) is 2. The van der Waals surface area contributed by atoms with Gasteiger partial charge in [-0.05, 0) is 38.5 Å². The maximum atomic E-state index is 11.1. The van der Waals surface area contributed by atoms with Crippen LogP contribution in [0.4, 0.5) is 0 Å². The first kappa shape index (κ1) is 9.56. The standard InChI is InChI=1S/C10H17O2/c1-2-6-10(11)12-9-7-4-3-5-8-9/h3,9H,2,4-8H2,1H3. The Morgan fingerprint density at radius 2 is 2.17 bits per heavy atom. The van der Waals surface area contributed by atoms with Gasteiger partial charge in [0.15, 0.2) is 0 Å². The molecule has 2 nitrogen and oxygen atoms in total. The smallest absolute Gasteiger partial charge is 0.306 e. The number of esters is 1. The Labute approximate surface area is 74.3 Å². The van der Waals surface area contributed by atoms with E-state index in [-0.39, 0.29) is 12.1 Å². The normalized spacial score (nSPS) is 19.1. The molecule has 0 aromatic heterocycles. The lowest BCUT2D eigenvalue weighted by Gasteiger charge is -2.21. The first-order chi connectivity index (χ1) is 5.83. The molecule has 1 radical (unpaired) electrons. The molecule has 0 unspecified atom stereocenters. The van der Waals surface area contributed by atoms with Gasteiger partial charge in [0, 0.05) is 6.42 Å². The van der Waals surface area contributed by atoms with Gasteiger partial charge in [-0.1, -0.05) is 6.92 Å². The first-order valence-electron chi connectivity index (χ1n) is 4.84. The van der Waals surface area contributed by atoms with E-state index in [0.717, 1.165) is 32.1 Å². The van der Waals surface area contributed by atoms with Gasteiger partial charge in [-0.2, -0.15) is 0 Å². The van der Waals surface area contributed by atoms with Gasteiger partial charge < -0.3 is 4.74 Å². The first-order valence-corrected chi connectivity index (χ1v) is 4.84. The van der Waals surface area contributed by atoms with Crippen LogP contribution in [-0.2, 0) is 9.53 Å². The second-order valence-electron chi connectivity index (χ2n) is 3.31. The predicted molar refractivity (Wildman–Crippen MR) is 47.6 cm³/mol. The van der Waals surface area contributed by atoms with Crippen LogP contribution >= 0.6 is 0 Å². The van der Waals surface area contributed by atoms with Crippen LogP contribution < -0.4 is 0 Å². The SMILES string of the molecule is CCCC(=O)OC1CC[CH]CC1. The summed E-state index contributed by atoms with van der Waals surface area (Å²) < 4.78 is 5.27. The summed E-state index contributed by atoms with van der Waals surface area (Å²) in [5, 5.41) is 0. The zero-order chi connectivity index (χ0) is 8.81. The minimum absolute atomic E-state index is 0.0237. The van der Waals surface area contributed by atoms with Gasteiger partial charge >= 0.3 is 5.97 Å². The van der Waals surface area contributed by atoms with E-state index in [1.807, 2.05) is 6.92 Å². The zero-order valence-corrected chi connectivity index (χ0v) is 7.71. The van der Waals surface area contributed by atoms with Crippen molar-refractivity contribution in [2.75, 3.05) is 0 Å². The van der Waals surface area contributed by atoms with Crippen molar-refractivity contribution in [1.82, 2.24) is 0 Å². The molecule has 12 heavy (non-hydrogen) atoms. The molecule has 0 amide bonds. The van der Waals surface area contributed by atoms with Crippen molar-refractivity contribution in [1.29, 1.82) is 0 Å². The van der Waals surface area contributed by atoms with E-state index in [1.165, 1.54) is 0 Å². The van der Waals surface area contributed by atoms with Crippen molar-refractivity contribution in [2.45, 2.75) is 51.6 Å². The molecule has 0 aliphatic heterocycles. The monoisotopic (exact) mass is 169 g/mol. The van der Waals surface area contributed by atoms with E-state index < -0.39 is 0 Å². The van der Waals surface area contributed by atoms with Crippen LogP contribution in [0, 0.1) is 6.42 Å². The highest BCUT2D eigenvalue weighted by atomic mass is 16.5. The van der Waals surface area contributed by atoms with E-state index in [2.05, 4.69) is 6.42 Å². The van der Waals surface area contributed by atoms with Gasteiger partial charge in [-0.15, -0.1) is 0 Å².